The van der Waals surface area contributed by atoms with Gasteiger partial charge in [-0.15, -0.1) is 0 Å². The largest absolute Gasteiger partial charge is 0.495 e. The normalized spacial score (nSPS) is 15.1. The standard InChI is InChI=1S/C12H17ClO2/c1-8(2)12(3,14)9-5-6-10(13)11(7-9)15-4/h5-8,14H,1-4H3. The Bertz CT molecular complexity index is 345. The third-order valence-corrected chi connectivity index (χ3v) is 3.17. The second-order valence-corrected chi connectivity index (χ2v) is 4.56. The summed E-state index contributed by atoms with van der Waals surface area (Å²) in [5.74, 6) is 0.721. The second kappa shape index (κ2) is 4.42. The van der Waals surface area contributed by atoms with E-state index in [1.807, 2.05) is 19.9 Å². The van der Waals surface area contributed by atoms with Crippen LogP contribution in [0, 0.1) is 5.92 Å². The fourth-order valence-corrected chi connectivity index (χ4v) is 1.50. The maximum absolute atomic E-state index is 10.3. The van der Waals surface area contributed by atoms with Gasteiger partial charge >= 0.3 is 0 Å². The number of methoxy groups -OCH3 is 1. The molecule has 0 fully saturated rings. The number of hydrogen-bond acceptors (Lipinski definition) is 2. The Balaban J connectivity index is 3.16. The summed E-state index contributed by atoms with van der Waals surface area (Å²) in [5.41, 5.74) is -0.0449. The van der Waals surface area contributed by atoms with Gasteiger partial charge in [-0.05, 0) is 30.5 Å². The molecule has 0 bridgehead atoms. The molecule has 0 spiro atoms. The summed E-state index contributed by atoms with van der Waals surface area (Å²) in [6.07, 6.45) is 0. The van der Waals surface area contributed by atoms with E-state index in [9.17, 15) is 5.11 Å². The monoisotopic (exact) mass is 228 g/mol. The quantitative estimate of drug-likeness (QED) is 0.861. The minimum Gasteiger partial charge on any atom is -0.495 e. The predicted molar refractivity (Wildman–Crippen MR) is 62.4 cm³/mol. The van der Waals surface area contributed by atoms with Crippen molar-refractivity contribution in [3.8, 4) is 5.75 Å². The van der Waals surface area contributed by atoms with Gasteiger partial charge in [0.25, 0.3) is 0 Å². The van der Waals surface area contributed by atoms with Gasteiger partial charge in [0.05, 0.1) is 17.7 Å². The molecule has 84 valence electrons. The highest BCUT2D eigenvalue weighted by atomic mass is 35.5. The lowest BCUT2D eigenvalue weighted by Crippen LogP contribution is -2.27. The molecule has 0 heterocycles. The zero-order valence-corrected chi connectivity index (χ0v) is 10.3. The van der Waals surface area contributed by atoms with E-state index in [-0.39, 0.29) is 5.92 Å². The van der Waals surface area contributed by atoms with Gasteiger partial charge in [-0.1, -0.05) is 31.5 Å². The van der Waals surface area contributed by atoms with Crippen molar-refractivity contribution >= 4 is 11.6 Å². The summed E-state index contributed by atoms with van der Waals surface area (Å²) >= 11 is 5.92. The number of rotatable bonds is 3. The van der Waals surface area contributed by atoms with Crippen LogP contribution in [0.15, 0.2) is 18.2 Å². The van der Waals surface area contributed by atoms with E-state index >= 15 is 0 Å². The van der Waals surface area contributed by atoms with Crippen molar-refractivity contribution in [2.45, 2.75) is 26.4 Å². The van der Waals surface area contributed by atoms with Gasteiger partial charge < -0.3 is 9.84 Å². The molecule has 0 aliphatic carbocycles. The van der Waals surface area contributed by atoms with Crippen LogP contribution in [0.4, 0.5) is 0 Å². The molecule has 0 aliphatic rings. The number of aliphatic hydroxyl groups is 1. The summed E-state index contributed by atoms with van der Waals surface area (Å²) in [6, 6.07) is 5.35. The van der Waals surface area contributed by atoms with Gasteiger partial charge in [0.2, 0.25) is 0 Å². The van der Waals surface area contributed by atoms with Crippen LogP contribution in [0.5, 0.6) is 5.75 Å². The smallest absolute Gasteiger partial charge is 0.137 e. The molecule has 0 amide bonds. The second-order valence-electron chi connectivity index (χ2n) is 4.15. The first-order valence-electron chi connectivity index (χ1n) is 4.96. The Morgan fingerprint density at radius 3 is 2.47 bits per heavy atom. The van der Waals surface area contributed by atoms with Crippen LogP contribution >= 0.6 is 11.6 Å². The fraction of sp³-hybridized carbons (Fsp3) is 0.500. The minimum atomic E-state index is -0.863. The lowest BCUT2D eigenvalue weighted by Gasteiger charge is -2.28. The summed E-state index contributed by atoms with van der Waals surface area (Å²) in [7, 11) is 1.56. The van der Waals surface area contributed by atoms with Crippen LogP contribution < -0.4 is 4.74 Å². The Kier molecular flexibility index (Phi) is 3.63. The molecule has 0 saturated carbocycles. The highest BCUT2D eigenvalue weighted by Gasteiger charge is 2.27. The molecule has 1 N–H and O–H groups in total. The molecule has 0 aliphatic heterocycles. The molecule has 1 atom stereocenters. The first kappa shape index (κ1) is 12.3. The van der Waals surface area contributed by atoms with Crippen molar-refractivity contribution in [3.63, 3.8) is 0 Å². The van der Waals surface area contributed by atoms with Crippen LogP contribution in [0.2, 0.25) is 5.02 Å². The number of halogens is 1. The van der Waals surface area contributed by atoms with Crippen molar-refractivity contribution in [1.29, 1.82) is 0 Å². The first-order chi connectivity index (χ1) is 6.89. The van der Waals surface area contributed by atoms with E-state index in [1.54, 1.807) is 26.2 Å². The Labute approximate surface area is 95.8 Å². The van der Waals surface area contributed by atoms with Crippen molar-refractivity contribution in [2.24, 2.45) is 5.92 Å². The molecule has 15 heavy (non-hydrogen) atoms. The minimum absolute atomic E-state index is 0.128. The van der Waals surface area contributed by atoms with Crippen LogP contribution in [-0.4, -0.2) is 12.2 Å². The molecular weight excluding hydrogens is 212 g/mol. The third kappa shape index (κ3) is 2.44. The number of ether oxygens (including phenoxy) is 1. The SMILES string of the molecule is COc1cc(C(C)(O)C(C)C)ccc1Cl. The van der Waals surface area contributed by atoms with Gasteiger partial charge in [-0.25, -0.2) is 0 Å². The van der Waals surface area contributed by atoms with Gasteiger partial charge in [0.1, 0.15) is 5.75 Å². The molecule has 2 nitrogen and oxygen atoms in total. The van der Waals surface area contributed by atoms with Crippen LogP contribution in [0.3, 0.4) is 0 Å². The van der Waals surface area contributed by atoms with Crippen molar-refractivity contribution < 1.29 is 9.84 Å². The zero-order valence-electron chi connectivity index (χ0n) is 9.54. The summed E-state index contributed by atoms with van der Waals surface area (Å²) in [6.45, 7) is 5.74. The van der Waals surface area contributed by atoms with E-state index in [2.05, 4.69) is 0 Å². The van der Waals surface area contributed by atoms with E-state index in [1.165, 1.54) is 0 Å². The van der Waals surface area contributed by atoms with Gasteiger partial charge in [0.15, 0.2) is 0 Å². The fourth-order valence-electron chi connectivity index (χ4n) is 1.31. The molecule has 0 radical (unpaired) electrons. The summed E-state index contributed by atoms with van der Waals surface area (Å²) in [5, 5.41) is 10.8. The molecule has 1 aromatic rings. The van der Waals surface area contributed by atoms with Crippen molar-refractivity contribution in [3.05, 3.63) is 28.8 Å². The van der Waals surface area contributed by atoms with Crippen molar-refractivity contribution in [1.82, 2.24) is 0 Å². The molecular formula is C12H17ClO2. The summed E-state index contributed by atoms with van der Waals surface area (Å²) in [4.78, 5) is 0. The molecule has 0 aromatic heterocycles. The van der Waals surface area contributed by atoms with E-state index < -0.39 is 5.60 Å². The van der Waals surface area contributed by atoms with E-state index in [0.29, 0.717) is 10.8 Å². The van der Waals surface area contributed by atoms with Gasteiger partial charge in [0, 0.05) is 0 Å². The van der Waals surface area contributed by atoms with Gasteiger partial charge in [-0.2, -0.15) is 0 Å². The topological polar surface area (TPSA) is 29.5 Å². The lowest BCUT2D eigenvalue weighted by atomic mass is 9.85. The first-order valence-corrected chi connectivity index (χ1v) is 5.33. The Morgan fingerprint density at radius 1 is 1.40 bits per heavy atom. The maximum atomic E-state index is 10.3. The van der Waals surface area contributed by atoms with Crippen LogP contribution in [-0.2, 0) is 5.60 Å². The molecule has 1 aromatic carbocycles. The number of hydrogen-bond donors (Lipinski definition) is 1. The molecule has 0 saturated heterocycles. The van der Waals surface area contributed by atoms with Crippen LogP contribution in [0.1, 0.15) is 26.3 Å². The van der Waals surface area contributed by atoms with Gasteiger partial charge in [-0.3, -0.25) is 0 Å². The number of benzene rings is 1. The molecule has 1 unspecified atom stereocenters. The highest BCUT2D eigenvalue weighted by Crippen LogP contribution is 2.34. The molecule has 1 rings (SSSR count). The lowest BCUT2D eigenvalue weighted by molar-refractivity contribution is 0.00888. The predicted octanol–water partition coefficient (Wildman–Crippen LogP) is 3.21. The average Bonchev–Trinajstić information content (AvgIpc) is 2.18. The van der Waals surface area contributed by atoms with Crippen molar-refractivity contribution in [2.75, 3.05) is 7.11 Å². The average molecular weight is 229 g/mol. The Hall–Kier alpha value is -0.730. The van der Waals surface area contributed by atoms with E-state index in [0.717, 1.165) is 5.56 Å². The zero-order chi connectivity index (χ0) is 11.6. The van der Waals surface area contributed by atoms with Crippen LogP contribution in [0.25, 0.3) is 0 Å². The highest BCUT2D eigenvalue weighted by molar-refractivity contribution is 6.32. The molecule has 3 heteroatoms. The third-order valence-electron chi connectivity index (χ3n) is 2.86. The summed E-state index contributed by atoms with van der Waals surface area (Å²) < 4.78 is 5.12. The van der Waals surface area contributed by atoms with E-state index in [4.69, 9.17) is 16.3 Å². The Morgan fingerprint density at radius 2 is 2.00 bits per heavy atom. The maximum Gasteiger partial charge on any atom is 0.137 e.